The standard InChI is InChI=1S/4C12H22O5.Ti/c4*1-4-7-10(13)12(11(14)15,16-8-5-2)17-9-6-3;/h4*4-9H2,1-3H3,(H,14,15);/q;;;;+4/p-4. The Hall–Kier alpha value is -3.05. The zero-order chi connectivity index (χ0) is 53.2. The molecule has 0 rings (SSSR count). The molecular weight excluding hydrogens is 944 g/mol. The molecule has 0 aromatic heterocycles. The van der Waals surface area contributed by atoms with E-state index < -0.39 is 70.2 Å². The van der Waals surface area contributed by atoms with Gasteiger partial charge in [-0.25, -0.2) is 0 Å². The van der Waals surface area contributed by atoms with Crippen LogP contribution >= 0.6 is 0 Å². The van der Waals surface area contributed by atoms with Crippen molar-refractivity contribution in [2.45, 2.75) is 209 Å². The van der Waals surface area contributed by atoms with Crippen molar-refractivity contribution in [3.05, 3.63) is 0 Å². The first-order valence-corrected chi connectivity index (χ1v) is 24.3. The second kappa shape index (κ2) is 44.9. The molecule has 0 saturated heterocycles. The number of carboxylic acid groups (broad SMARTS) is 4. The third-order valence-corrected chi connectivity index (χ3v) is 8.53. The number of carbonyl (C=O) groups is 8. The fraction of sp³-hybridized carbons (Fsp3) is 0.833. The van der Waals surface area contributed by atoms with E-state index in [2.05, 4.69) is 0 Å². The summed E-state index contributed by atoms with van der Waals surface area (Å²) in [5.41, 5.74) is 0. The van der Waals surface area contributed by atoms with Crippen LogP contribution in [0.5, 0.6) is 0 Å². The molecule has 0 spiro atoms. The van der Waals surface area contributed by atoms with E-state index in [-0.39, 0.29) is 100 Å². The average molecular weight is 1030 g/mol. The van der Waals surface area contributed by atoms with Crippen LogP contribution in [-0.4, -0.2) is 123 Å². The van der Waals surface area contributed by atoms with Crippen LogP contribution in [0.1, 0.15) is 186 Å². The fourth-order valence-electron chi connectivity index (χ4n) is 5.27. The van der Waals surface area contributed by atoms with E-state index in [1.807, 2.05) is 55.4 Å². The molecule has 0 saturated carbocycles. The van der Waals surface area contributed by atoms with Gasteiger partial charge in [0.05, 0.1) is 52.9 Å². The van der Waals surface area contributed by atoms with E-state index in [1.54, 1.807) is 27.7 Å². The third kappa shape index (κ3) is 27.4. The van der Waals surface area contributed by atoms with E-state index in [4.69, 9.17) is 37.9 Å². The Morgan fingerprint density at radius 2 is 0.377 bits per heavy atom. The van der Waals surface area contributed by atoms with Crippen LogP contribution < -0.4 is 20.4 Å². The molecule has 20 nitrogen and oxygen atoms in total. The molecule has 0 aliphatic heterocycles. The first-order valence-electron chi connectivity index (χ1n) is 24.3. The van der Waals surface area contributed by atoms with E-state index in [0.29, 0.717) is 77.0 Å². The third-order valence-electron chi connectivity index (χ3n) is 8.53. The van der Waals surface area contributed by atoms with Crippen LogP contribution in [0.2, 0.25) is 0 Å². The van der Waals surface area contributed by atoms with Crippen molar-refractivity contribution in [3.8, 4) is 0 Å². The predicted molar refractivity (Wildman–Crippen MR) is 241 cm³/mol. The molecule has 0 aliphatic rings. The first-order chi connectivity index (χ1) is 32.2. The summed E-state index contributed by atoms with van der Waals surface area (Å²) in [5, 5.41) is 44.7. The van der Waals surface area contributed by atoms with Gasteiger partial charge < -0.3 is 77.5 Å². The smallest absolute Gasteiger partial charge is 0.544 e. The SMILES string of the molecule is CCCOC(OCCC)(C(=O)[O-])C(=O)CCC.CCCOC(OCCC)(C(=O)[O-])C(=O)CCC.CCCOC(OCCC)(C(=O)[O-])C(=O)CCC.CCCOC(OCCC)(C(=O)[O-])C(=O)CCC.[Ti+4]. The zero-order valence-corrected chi connectivity index (χ0v) is 45.2. The summed E-state index contributed by atoms with van der Waals surface area (Å²) in [4.78, 5) is 92.1. The molecule has 0 bridgehead atoms. The Morgan fingerprint density at radius 3 is 0.449 bits per heavy atom. The Morgan fingerprint density at radius 1 is 0.261 bits per heavy atom. The van der Waals surface area contributed by atoms with Crippen LogP contribution in [0, 0.1) is 0 Å². The summed E-state index contributed by atoms with van der Waals surface area (Å²) in [6, 6.07) is 0. The van der Waals surface area contributed by atoms with Gasteiger partial charge >= 0.3 is 21.7 Å². The maximum absolute atomic E-state index is 11.8. The van der Waals surface area contributed by atoms with Crippen molar-refractivity contribution < 1.29 is 118 Å². The maximum Gasteiger partial charge on any atom is 4.00 e. The molecule has 0 N–H and O–H groups in total. The monoisotopic (exact) mass is 1030 g/mol. The van der Waals surface area contributed by atoms with Gasteiger partial charge in [0.25, 0.3) is 23.1 Å². The van der Waals surface area contributed by atoms with Crippen LogP contribution in [0.4, 0.5) is 0 Å². The molecule has 0 fully saturated rings. The Balaban J connectivity index is -0.000000263. The van der Waals surface area contributed by atoms with Crippen molar-refractivity contribution in [1.82, 2.24) is 0 Å². The zero-order valence-electron chi connectivity index (χ0n) is 43.6. The van der Waals surface area contributed by atoms with Gasteiger partial charge in [-0.3, -0.25) is 19.2 Å². The van der Waals surface area contributed by atoms with Gasteiger partial charge in [-0.1, -0.05) is 83.1 Å². The molecule has 69 heavy (non-hydrogen) atoms. The van der Waals surface area contributed by atoms with Crippen molar-refractivity contribution in [2.75, 3.05) is 52.9 Å². The minimum atomic E-state index is -2.22. The fourth-order valence-corrected chi connectivity index (χ4v) is 5.27. The average Bonchev–Trinajstić information content (AvgIpc) is 3.30. The van der Waals surface area contributed by atoms with Crippen molar-refractivity contribution in [1.29, 1.82) is 0 Å². The molecule has 0 aromatic carbocycles. The van der Waals surface area contributed by atoms with Gasteiger partial charge in [0, 0.05) is 25.7 Å². The number of hydrogen-bond acceptors (Lipinski definition) is 20. The van der Waals surface area contributed by atoms with Gasteiger partial charge in [-0.2, -0.15) is 0 Å². The molecule has 400 valence electrons. The van der Waals surface area contributed by atoms with Gasteiger partial charge in [0.2, 0.25) is 0 Å². The number of hydrogen-bond donors (Lipinski definition) is 0. The second-order valence-electron chi connectivity index (χ2n) is 15.1. The molecule has 0 radical (unpaired) electrons. The van der Waals surface area contributed by atoms with Crippen LogP contribution in [0.15, 0.2) is 0 Å². The van der Waals surface area contributed by atoms with Crippen molar-refractivity contribution >= 4 is 47.0 Å². The summed E-state index contributed by atoms with van der Waals surface area (Å²) < 4.78 is 41.0. The summed E-state index contributed by atoms with van der Waals surface area (Å²) in [6.07, 6.45) is 7.37. The number of ketones is 4. The molecule has 0 aromatic rings. The molecule has 0 aliphatic carbocycles. The largest absolute Gasteiger partial charge is 4.00 e. The minimum absolute atomic E-state index is 0. The summed E-state index contributed by atoms with van der Waals surface area (Å²) in [6.45, 7) is 22.9. The number of rotatable bonds is 40. The van der Waals surface area contributed by atoms with Crippen molar-refractivity contribution in [3.63, 3.8) is 0 Å². The Bertz CT molecular complexity index is 1180. The molecule has 0 amide bonds. The van der Waals surface area contributed by atoms with Gasteiger partial charge in [0.15, 0.2) is 23.1 Å². The van der Waals surface area contributed by atoms with Crippen LogP contribution in [0.25, 0.3) is 0 Å². The minimum Gasteiger partial charge on any atom is -0.544 e. The second-order valence-corrected chi connectivity index (χ2v) is 15.1. The Kier molecular flexibility index (Phi) is 48.7. The quantitative estimate of drug-likeness (QED) is 0.0484. The molecule has 0 unspecified atom stereocenters. The number of Topliss-reactive ketones (excluding diaryl/α,β-unsaturated/α-hetero) is 4. The van der Waals surface area contributed by atoms with Gasteiger partial charge in [-0.05, 0) is 77.0 Å². The van der Waals surface area contributed by atoms with Crippen LogP contribution in [-0.2, 0) is 98.0 Å². The topological polar surface area (TPSA) is 303 Å². The van der Waals surface area contributed by atoms with E-state index in [9.17, 15) is 58.8 Å². The Labute approximate surface area is 425 Å². The number of aliphatic carboxylic acids is 4. The number of carboxylic acids is 4. The summed E-state index contributed by atoms with van der Waals surface area (Å²) in [7, 11) is 0. The summed E-state index contributed by atoms with van der Waals surface area (Å²) in [5.74, 6) is -17.7. The normalized spacial score (nSPS) is 11.3. The molecule has 0 atom stereocenters. The molecular formula is C48H84O20Ti. The van der Waals surface area contributed by atoms with E-state index >= 15 is 0 Å². The number of ether oxygens (including phenoxy) is 8. The van der Waals surface area contributed by atoms with Gasteiger partial charge in [0.1, 0.15) is 23.9 Å². The van der Waals surface area contributed by atoms with E-state index in [0.717, 1.165) is 0 Å². The molecule has 21 heteroatoms. The van der Waals surface area contributed by atoms with Crippen LogP contribution in [0.3, 0.4) is 0 Å². The van der Waals surface area contributed by atoms with Gasteiger partial charge in [-0.15, -0.1) is 0 Å². The van der Waals surface area contributed by atoms with Crippen molar-refractivity contribution in [2.24, 2.45) is 0 Å². The first kappa shape index (κ1) is 74.9. The summed E-state index contributed by atoms with van der Waals surface area (Å²) >= 11 is 0. The maximum atomic E-state index is 11.8. The predicted octanol–water partition coefficient (Wildman–Crippen LogP) is 2.62. The van der Waals surface area contributed by atoms with E-state index in [1.165, 1.54) is 0 Å². The number of carbonyl (C=O) groups excluding carboxylic acids is 8. The molecule has 0 heterocycles.